The lowest BCUT2D eigenvalue weighted by Gasteiger charge is -2.08. The van der Waals surface area contributed by atoms with Crippen LogP contribution in [0, 0.1) is 5.82 Å². The summed E-state index contributed by atoms with van der Waals surface area (Å²) in [7, 11) is 0. The van der Waals surface area contributed by atoms with E-state index in [0.29, 0.717) is 25.3 Å². The van der Waals surface area contributed by atoms with Gasteiger partial charge in [-0.25, -0.2) is 19.3 Å². The van der Waals surface area contributed by atoms with Gasteiger partial charge in [-0.15, -0.1) is 11.3 Å². The van der Waals surface area contributed by atoms with Crippen molar-refractivity contribution < 1.29 is 9.13 Å². The van der Waals surface area contributed by atoms with E-state index in [1.165, 1.54) is 11.2 Å². The maximum Gasteiger partial charge on any atom is 0.186 e. The molecule has 0 spiro atoms. The van der Waals surface area contributed by atoms with Gasteiger partial charge in [-0.1, -0.05) is 6.92 Å². The maximum absolute atomic E-state index is 14.0. The number of thiazole rings is 1. The molecule has 112 valence electrons. The summed E-state index contributed by atoms with van der Waals surface area (Å²) < 4.78 is 19.4. The van der Waals surface area contributed by atoms with Crippen LogP contribution in [0.15, 0.2) is 6.33 Å². The molecule has 0 saturated carbocycles. The summed E-state index contributed by atoms with van der Waals surface area (Å²) in [5.41, 5.74) is 1.59. The van der Waals surface area contributed by atoms with Crippen molar-refractivity contribution in [2.24, 2.45) is 0 Å². The largest absolute Gasteiger partial charge is 0.375 e. The van der Waals surface area contributed by atoms with Gasteiger partial charge >= 0.3 is 0 Å². The van der Waals surface area contributed by atoms with Crippen LogP contribution in [0.25, 0.3) is 0 Å². The summed E-state index contributed by atoms with van der Waals surface area (Å²) >= 11 is 1.68. The standard InChI is InChI=1S/C14H17FN4OS/c1-2-9-13(15)14(18-8-17-9)16-5-3-12-19-10-4-6-20-7-11(10)21-12/h8H,2-7H2,1H3,(H,16,17,18). The molecule has 0 saturated heterocycles. The minimum atomic E-state index is -0.355. The molecule has 0 bridgehead atoms. The highest BCUT2D eigenvalue weighted by Crippen LogP contribution is 2.24. The van der Waals surface area contributed by atoms with Gasteiger partial charge in [-0.3, -0.25) is 0 Å². The van der Waals surface area contributed by atoms with E-state index in [1.54, 1.807) is 11.3 Å². The second-order valence-electron chi connectivity index (χ2n) is 4.79. The Balaban J connectivity index is 1.60. The van der Waals surface area contributed by atoms with Crippen LogP contribution in [0.1, 0.15) is 28.2 Å². The SMILES string of the molecule is CCc1ncnc(NCCc2nc3c(s2)COCC3)c1F. The molecular formula is C14H17FN4OS. The molecule has 1 aliphatic rings. The van der Waals surface area contributed by atoms with Crippen molar-refractivity contribution in [1.82, 2.24) is 15.0 Å². The van der Waals surface area contributed by atoms with E-state index in [9.17, 15) is 4.39 Å². The number of nitrogens with zero attached hydrogens (tertiary/aromatic N) is 3. The molecule has 0 radical (unpaired) electrons. The van der Waals surface area contributed by atoms with Crippen molar-refractivity contribution in [3.05, 3.63) is 33.4 Å². The quantitative estimate of drug-likeness (QED) is 0.919. The maximum atomic E-state index is 14.0. The van der Waals surface area contributed by atoms with Crippen LogP contribution in [0.5, 0.6) is 0 Å². The number of anilines is 1. The number of nitrogens with one attached hydrogen (secondary N) is 1. The van der Waals surface area contributed by atoms with Gasteiger partial charge in [0, 0.05) is 19.4 Å². The second-order valence-corrected chi connectivity index (χ2v) is 5.96. The number of fused-ring (bicyclic) bond motifs is 1. The highest BCUT2D eigenvalue weighted by molar-refractivity contribution is 7.11. The van der Waals surface area contributed by atoms with Crippen molar-refractivity contribution in [3.8, 4) is 0 Å². The lowest BCUT2D eigenvalue weighted by Crippen LogP contribution is -2.10. The smallest absolute Gasteiger partial charge is 0.186 e. The third-order valence-electron chi connectivity index (χ3n) is 3.37. The molecule has 3 heterocycles. The van der Waals surface area contributed by atoms with Crippen LogP contribution >= 0.6 is 11.3 Å². The molecule has 3 rings (SSSR count). The lowest BCUT2D eigenvalue weighted by molar-refractivity contribution is 0.112. The van der Waals surface area contributed by atoms with E-state index >= 15 is 0 Å². The summed E-state index contributed by atoms with van der Waals surface area (Å²) in [5.74, 6) is -0.0849. The van der Waals surface area contributed by atoms with Gasteiger partial charge in [0.2, 0.25) is 0 Å². The van der Waals surface area contributed by atoms with Gasteiger partial charge in [0.05, 0.1) is 34.5 Å². The van der Waals surface area contributed by atoms with Crippen molar-refractivity contribution in [3.63, 3.8) is 0 Å². The van der Waals surface area contributed by atoms with E-state index in [4.69, 9.17) is 4.74 Å². The second kappa shape index (κ2) is 6.44. The molecule has 7 heteroatoms. The first-order chi connectivity index (χ1) is 10.3. The molecule has 0 aliphatic carbocycles. The Morgan fingerprint density at radius 2 is 2.33 bits per heavy atom. The molecule has 21 heavy (non-hydrogen) atoms. The summed E-state index contributed by atoms with van der Waals surface area (Å²) in [5, 5.41) is 4.08. The van der Waals surface area contributed by atoms with Crippen LogP contribution in [-0.4, -0.2) is 28.1 Å². The monoisotopic (exact) mass is 308 g/mol. The molecule has 0 amide bonds. The van der Waals surface area contributed by atoms with E-state index in [1.807, 2.05) is 6.92 Å². The molecule has 0 atom stereocenters. The minimum Gasteiger partial charge on any atom is -0.375 e. The van der Waals surface area contributed by atoms with E-state index in [2.05, 4.69) is 20.3 Å². The van der Waals surface area contributed by atoms with Gasteiger partial charge < -0.3 is 10.1 Å². The first-order valence-electron chi connectivity index (χ1n) is 7.06. The molecule has 2 aromatic heterocycles. The summed E-state index contributed by atoms with van der Waals surface area (Å²) in [4.78, 5) is 13.7. The normalized spacial score (nSPS) is 14.0. The lowest BCUT2D eigenvalue weighted by atomic mass is 10.2. The zero-order chi connectivity index (χ0) is 14.7. The minimum absolute atomic E-state index is 0.270. The van der Waals surface area contributed by atoms with Gasteiger partial charge in [0.15, 0.2) is 11.6 Å². The van der Waals surface area contributed by atoms with Gasteiger partial charge in [-0.05, 0) is 6.42 Å². The first kappa shape index (κ1) is 14.3. The number of rotatable bonds is 5. The van der Waals surface area contributed by atoms with Crippen molar-refractivity contribution in [2.75, 3.05) is 18.5 Å². The topological polar surface area (TPSA) is 59.9 Å². The number of hydrogen-bond donors (Lipinski definition) is 1. The Bertz CT molecular complexity index is 608. The van der Waals surface area contributed by atoms with Crippen molar-refractivity contribution in [1.29, 1.82) is 0 Å². The van der Waals surface area contributed by atoms with Crippen LogP contribution in [0.4, 0.5) is 10.2 Å². The molecule has 5 nitrogen and oxygen atoms in total. The summed E-state index contributed by atoms with van der Waals surface area (Å²) in [6, 6.07) is 0. The summed E-state index contributed by atoms with van der Waals surface area (Å²) in [6.45, 7) is 3.89. The number of aromatic nitrogens is 3. The predicted octanol–water partition coefficient (Wildman–Crippen LogP) is 2.36. The molecule has 1 aliphatic heterocycles. The molecule has 1 N–H and O–H groups in total. The Morgan fingerprint density at radius 1 is 1.43 bits per heavy atom. The number of aryl methyl sites for hydroxylation is 1. The zero-order valence-corrected chi connectivity index (χ0v) is 12.7. The fraction of sp³-hybridized carbons (Fsp3) is 0.500. The van der Waals surface area contributed by atoms with Gasteiger partial charge in [0.25, 0.3) is 0 Å². The third-order valence-corrected chi connectivity index (χ3v) is 4.50. The van der Waals surface area contributed by atoms with Crippen molar-refractivity contribution in [2.45, 2.75) is 32.8 Å². The van der Waals surface area contributed by atoms with Crippen LogP contribution < -0.4 is 5.32 Å². The van der Waals surface area contributed by atoms with E-state index < -0.39 is 0 Å². The highest BCUT2D eigenvalue weighted by Gasteiger charge is 2.15. The molecule has 2 aromatic rings. The fourth-order valence-corrected chi connectivity index (χ4v) is 3.30. The van der Waals surface area contributed by atoms with Gasteiger partial charge in [0.1, 0.15) is 6.33 Å². The Morgan fingerprint density at radius 3 is 3.14 bits per heavy atom. The average Bonchev–Trinajstić information content (AvgIpc) is 2.91. The molecule has 0 fully saturated rings. The highest BCUT2D eigenvalue weighted by atomic mass is 32.1. The Kier molecular flexibility index (Phi) is 4.40. The molecular weight excluding hydrogens is 291 g/mol. The van der Waals surface area contributed by atoms with Crippen LogP contribution in [0.3, 0.4) is 0 Å². The number of halogens is 1. The predicted molar refractivity (Wildman–Crippen MR) is 79.0 cm³/mol. The van der Waals surface area contributed by atoms with Crippen LogP contribution in [-0.2, 0) is 30.6 Å². The number of hydrogen-bond acceptors (Lipinski definition) is 6. The summed E-state index contributed by atoms with van der Waals surface area (Å²) in [6.07, 6.45) is 3.59. The fourth-order valence-electron chi connectivity index (χ4n) is 2.25. The first-order valence-corrected chi connectivity index (χ1v) is 7.88. The Hall–Kier alpha value is -1.60. The van der Waals surface area contributed by atoms with Crippen LogP contribution in [0.2, 0.25) is 0 Å². The van der Waals surface area contributed by atoms with E-state index in [-0.39, 0.29) is 11.6 Å². The van der Waals surface area contributed by atoms with E-state index in [0.717, 1.165) is 30.2 Å². The average molecular weight is 308 g/mol. The Labute approximate surface area is 126 Å². The van der Waals surface area contributed by atoms with Crippen molar-refractivity contribution >= 4 is 17.2 Å². The van der Waals surface area contributed by atoms with Gasteiger partial charge in [-0.2, -0.15) is 0 Å². The molecule has 0 aromatic carbocycles. The molecule has 0 unspecified atom stereocenters. The third kappa shape index (κ3) is 3.19. The number of ether oxygens (including phenoxy) is 1. The zero-order valence-electron chi connectivity index (χ0n) is 11.9.